The molecule has 3 N–H and O–H groups in total. The van der Waals surface area contributed by atoms with Crippen LogP contribution in [0.15, 0.2) is 0 Å². The minimum atomic E-state index is -0.00403. The maximum atomic E-state index is 11.9. The molecular formula is C12H24N4O. The first-order valence-electron chi connectivity index (χ1n) is 6.73. The maximum Gasteiger partial charge on any atom is 0.316 e. The molecule has 2 heterocycles. The fraction of sp³-hybridized carbons (Fsp3) is 0.917. The lowest BCUT2D eigenvalue weighted by Crippen LogP contribution is -2.54. The Labute approximate surface area is 103 Å². The van der Waals surface area contributed by atoms with Crippen LogP contribution in [0.3, 0.4) is 0 Å². The molecule has 5 heteroatoms. The van der Waals surface area contributed by atoms with Gasteiger partial charge in [0.1, 0.15) is 0 Å². The highest BCUT2D eigenvalue weighted by Crippen LogP contribution is 2.12. The highest BCUT2D eigenvalue weighted by molar-refractivity contribution is 5.74. The Morgan fingerprint density at radius 2 is 1.94 bits per heavy atom. The molecule has 2 saturated heterocycles. The van der Waals surface area contributed by atoms with Crippen LogP contribution in [0.2, 0.25) is 0 Å². The van der Waals surface area contributed by atoms with Crippen LogP contribution in [0.5, 0.6) is 0 Å². The van der Waals surface area contributed by atoms with Gasteiger partial charge in [-0.05, 0) is 58.8 Å². The number of nitrogens with one attached hydrogen (secondary N) is 3. The molecule has 1 unspecified atom stereocenters. The van der Waals surface area contributed by atoms with Crippen molar-refractivity contribution >= 4 is 6.03 Å². The van der Waals surface area contributed by atoms with E-state index in [-0.39, 0.29) is 12.2 Å². The normalized spacial score (nSPS) is 27.7. The van der Waals surface area contributed by atoms with Crippen LogP contribution in [0.1, 0.15) is 32.1 Å². The summed E-state index contributed by atoms with van der Waals surface area (Å²) >= 11 is 0. The molecular weight excluding hydrogens is 216 g/mol. The van der Waals surface area contributed by atoms with Crippen molar-refractivity contribution in [3.63, 3.8) is 0 Å². The standard InChI is InChI=1S/C12H24N4O/c1-16-9-3-2-4-11(16)15-12(17)14-10-5-7-13-8-6-10/h10-11,13H,2-9H2,1H3,(H2,14,15,17). The number of piperidine rings is 2. The van der Waals surface area contributed by atoms with E-state index < -0.39 is 0 Å². The summed E-state index contributed by atoms with van der Waals surface area (Å²) in [7, 11) is 2.08. The van der Waals surface area contributed by atoms with E-state index in [2.05, 4.69) is 27.9 Å². The summed E-state index contributed by atoms with van der Waals surface area (Å²) in [6, 6.07) is 0.334. The SMILES string of the molecule is CN1CCCCC1NC(=O)NC1CCNCC1. The number of urea groups is 1. The minimum Gasteiger partial charge on any atom is -0.335 e. The van der Waals surface area contributed by atoms with Crippen LogP contribution >= 0.6 is 0 Å². The number of hydrogen-bond acceptors (Lipinski definition) is 3. The van der Waals surface area contributed by atoms with Gasteiger partial charge in [-0.15, -0.1) is 0 Å². The smallest absolute Gasteiger partial charge is 0.316 e. The number of amides is 2. The van der Waals surface area contributed by atoms with Crippen LogP contribution in [0, 0.1) is 0 Å². The van der Waals surface area contributed by atoms with Gasteiger partial charge < -0.3 is 16.0 Å². The van der Waals surface area contributed by atoms with E-state index in [1.807, 2.05) is 0 Å². The second-order valence-electron chi connectivity index (χ2n) is 5.13. The lowest BCUT2D eigenvalue weighted by atomic mass is 10.1. The Morgan fingerprint density at radius 3 is 2.65 bits per heavy atom. The predicted octanol–water partition coefficient (Wildman–Crippen LogP) is 0.479. The van der Waals surface area contributed by atoms with Crippen LogP contribution < -0.4 is 16.0 Å². The molecule has 2 fully saturated rings. The lowest BCUT2D eigenvalue weighted by molar-refractivity contribution is 0.152. The van der Waals surface area contributed by atoms with Gasteiger partial charge in [0.15, 0.2) is 0 Å². The van der Waals surface area contributed by atoms with Gasteiger partial charge in [-0.1, -0.05) is 0 Å². The Balaban J connectivity index is 1.72. The molecule has 0 aliphatic carbocycles. The first-order chi connectivity index (χ1) is 8.25. The van der Waals surface area contributed by atoms with Crippen molar-refractivity contribution in [3.8, 4) is 0 Å². The van der Waals surface area contributed by atoms with Crippen molar-refractivity contribution in [3.05, 3.63) is 0 Å². The maximum absolute atomic E-state index is 11.9. The number of rotatable bonds is 2. The third-order valence-corrected chi connectivity index (χ3v) is 3.74. The van der Waals surface area contributed by atoms with Crippen molar-refractivity contribution in [2.45, 2.75) is 44.3 Å². The molecule has 0 radical (unpaired) electrons. The van der Waals surface area contributed by atoms with Crippen molar-refractivity contribution in [1.82, 2.24) is 20.9 Å². The van der Waals surface area contributed by atoms with Crippen LogP contribution in [-0.2, 0) is 0 Å². The van der Waals surface area contributed by atoms with Gasteiger partial charge in [0.05, 0.1) is 6.17 Å². The van der Waals surface area contributed by atoms with Gasteiger partial charge in [-0.2, -0.15) is 0 Å². The monoisotopic (exact) mass is 240 g/mol. The van der Waals surface area contributed by atoms with Gasteiger partial charge in [-0.25, -0.2) is 4.79 Å². The van der Waals surface area contributed by atoms with E-state index >= 15 is 0 Å². The molecule has 0 aromatic rings. The minimum absolute atomic E-state index is 0.00403. The molecule has 5 nitrogen and oxygen atoms in total. The highest BCUT2D eigenvalue weighted by atomic mass is 16.2. The molecule has 0 aromatic heterocycles. The van der Waals surface area contributed by atoms with E-state index in [1.165, 1.54) is 12.8 Å². The number of nitrogens with zero attached hydrogens (tertiary/aromatic N) is 1. The van der Waals surface area contributed by atoms with Gasteiger partial charge in [-0.3, -0.25) is 4.90 Å². The first kappa shape index (κ1) is 12.6. The van der Waals surface area contributed by atoms with E-state index in [1.54, 1.807) is 0 Å². The van der Waals surface area contributed by atoms with Crippen molar-refractivity contribution in [2.24, 2.45) is 0 Å². The molecule has 0 saturated carbocycles. The Morgan fingerprint density at radius 1 is 1.18 bits per heavy atom. The molecule has 2 aliphatic rings. The molecule has 0 spiro atoms. The number of carbonyl (C=O) groups excluding carboxylic acids is 1. The van der Waals surface area contributed by atoms with Crippen LogP contribution in [0.4, 0.5) is 4.79 Å². The largest absolute Gasteiger partial charge is 0.335 e. The molecule has 0 bridgehead atoms. The Hall–Kier alpha value is -0.810. The summed E-state index contributed by atoms with van der Waals surface area (Å²) < 4.78 is 0. The van der Waals surface area contributed by atoms with Gasteiger partial charge in [0.2, 0.25) is 0 Å². The van der Waals surface area contributed by atoms with Crippen molar-refractivity contribution in [2.75, 3.05) is 26.7 Å². The molecule has 1 atom stereocenters. The summed E-state index contributed by atoms with van der Waals surface area (Å²) in [5.41, 5.74) is 0. The third-order valence-electron chi connectivity index (χ3n) is 3.74. The van der Waals surface area contributed by atoms with E-state index in [0.29, 0.717) is 6.04 Å². The summed E-state index contributed by atoms with van der Waals surface area (Å²) in [6.07, 6.45) is 5.80. The lowest BCUT2D eigenvalue weighted by Gasteiger charge is -2.33. The van der Waals surface area contributed by atoms with Crippen LogP contribution in [0.25, 0.3) is 0 Å². The summed E-state index contributed by atoms with van der Waals surface area (Å²) in [5, 5.41) is 9.44. The number of likely N-dealkylation sites (tertiary alicyclic amines) is 1. The predicted molar refractivity (Wildman–Crippen MR) is 67.8 cm³/mol. The Kier molecular flexibility index (Phi) is 4.62. The molecule has 2 aliphatic heterocycles. The average Bonchev–Trinajstić information content (AvgIpc) is 2.33. The van der Waals surface area contributed by atoms with Crippen molar-refractivity contribution < 1.29 is 4.79 Å². The highest BCUT2D eigenvalue weighted by Gasteiger charge is 2.22. The topological polar surface area (TPSA) is 56.4 Å². The fourth-order valence-electron chi connectivity index (χ4n) is 2.60. The second-order valence-corrected chi connectivity index (χ2v) is 5.13. The molecule has 0 aromatic carbocycles. The zero-order valence-corrected chi connectivity index (χ0v) is 10.7. The molecule has 2 rings (SSSR count). The van der Waals surface area contributed by atoms with Gasteiger partial charge >= 0.3 is 6.03 Å². The Bertz CT molecular complexity index is 253. The quantitative estimate of drug-likeness (QED) is 0.658. The molecule has 17 heavy (non-hydrogen) atoms. The van der Waals surface area contributed by atoms with E-state index in [9.17, 15) is 4.79 Å². The number of hydrogen-bond donors (Lipinski definition) is 3. The second kappa shape index (κ2) is 6.21. The molecule has 98 valence electrons. The van der Waals surface area contributed by atoms with Gasteiger partial charge in [0.25, 0.3) is 0 Å². The third kappa shape index (κ3) is 3.85. The number of carbonyl (C=O) groups is 1. The van der Waals surface area contributed by atoms with E-state index in [0.717, 1.165) is 38.9 Å². The summed E-state index contributed by atoms with van der Waals surface area (Å²) in [4.78, 5) is 14.1. The fourth-order valence-corrected chi connectivity index (χ4v) is 2.60. The first-order valence-corrected chi connectivity index (χ1v) is 6.73. The van der Waals surface area contributed by atoms with Crippen LogP contribution in [-0.4, -0.2) is 49.8 Å². The van der Waals surface area contributed by atoms with Crippen molar-refractivity contribution in [1.29, 1.82) is 0 Å². The zero-order chi connectivity index (χ0) is 12.1. The van der Waals surface area contributed by atoms with E-state index in [4.69, 9.17) is 0 Å². The summed E-state index contributed by atoms with van der Waals surface area (Å²) in [6.45, 7) is 3.10. The zero-order valence-electron chi connectivity index (χ0n) is 10.7. The summed E-state index contributed by atoms with van der Waals surface area (Å²) in [5.74, 6) is 0. The molecule has 2 amide bonds. The van der Waals surface area contributed by atoms with Gasteiger partial charge in [0, 0.05) is 6.04 Å². The average molecular weight is 240 g/mol.